The van der Waals surface area contributed by atoms with Gasteiger partial charge < -0.3 is 9.84 Å². The average Bonchev–Trinajstić information content (AvgIpc) is 3.41. The van der Waals surface area contributed by atoms with Crippen molar-refractivity contribution in [3.63, 3.8) is 0 Å². The van der Waals surface area contributed by atoms with E-state index >= 15 is 0 Å². The van der Waals surface area contributed by atoms with Crippen molar-refractivity contribution < 1.29 is 14.6 Å². The van der Waals surface area contributed by atoms with Gasteiger partial charge in [0, 0.05) is 24.2 Å². The molecule has 0 spiro atoms. The van der Waals surface area contributed by atoms with E-state index in [-0.39, 0.29) is 18.6 Å². The maximum Gasteiger partial charge on any atom is 0.305 e. The Bertz CT molecular complexity index is 724. The largest absolute Gasteiger partial charge is 0.481 e. The molecule has 3 aliphatic rings. The van der Waals surface area contributed by atoms with Gasteiger partial charge in [0.15, 0.2) is 0 Å². The minimum Gasteiger partial charge on any atom is -0.481 e. The summed E-state index contributed by atoms with van der Waals surface area (Å²) in [4.78, 5) is 14.1. The molecule has 4 rings (SSSR count). The molecular weight excluding hydrogens is 410 g/mol. The first kappa shape index (κ1) is 23.1. The molecule has 0 unspecified atom stereocenters. The fourth-order valence-electron chi connectivity index (χ4n) is 6.23. The summed E-state index contributed by atoms with van der Waals surface area (Å²) in [5.41, 5.74) is 2.31. The van der Waals surface area contributed by atoms with Gasteiger partial charge >= 0.3 is 5.97 Å². The van der Waals surface area contributed by atoms with Crippen LogP contribution in [0.25, 0.3) is 0 Å². The van der Waals surface area contributed by atoms with Gasteiger partial charge in [0.2, 0.25) is 0 Å². The molecule has 0 aromatic heterocycles. The van der Waals surface area contributed by atoms with Crippen LogP contribution in [0, 0.1) is 18.8 Å². The highest BCUT2D eigenvalue weighted by Crippen LogP contribution is 2.40. The van der Waals surface area contributed by atoms with Crippen molar-refractivity contribution >= 4 is 17.6 Å². The van der Waals surface area contributed by atoms with Crippen LogP contribution >= 0.6 is 11.6 Å². The third kappa shape index (κ3) is 6.03. The lowest BCUT2D eigenvalue weighted by Gasteiger charge is -2.44. The number of hydrogen-bond acceptors (Lipinski definition) is 3. The Morgan fingerprint density at radius 3 is 2.19 bits per heavy atom. The van der Waals surface area contributed by atoms with Gasteiger partial charge in [-0.3, -0.25) is 9.69 Å². The molecule has 1 heterocycles. The van der Waals surface area contributed by atoms with E-state index in [2.05, 4.69) is 17.9 Å². The molecule has 1 aliphatic heterocycles. The van der Waals surface area contributed by atoms with E-state index < -0.39 is 5.97 Å². The zero-order valence-corrected chi connectivity index (χ0v) is 19.7. The molecule has 3 atom stereocenters. The summed E-state index contributed by atoms with van der Waals surface area (Å²) in [5, 5.41) is 10.1. The van der Waals surface area contributed by atoms with Gasteiger partial charge in [-0.25, -0.2) is 0 Å². The summed E-state index contributed by atoms with van der Waals surface area (Å²) in [6.45, 7) is 4.43. The number of carboxylic acids is 1. The summed E-state index contributed by atoms with van der Waals surface area (Å²) in [5.74, 6) is 0.819. The van der Waals surface area contributed by atoms with Crippen molar-refractivity contribution in [3.8, 4) is 0 Å². The number of halogens is 1. The molecule has 2 aliphatic carbocycles. The molecule has 3 fully saturated rings. The Kier molecular flexibility index (Phi) is 7.95. The maximum atomic E-state index is 11.4. The first-order chi connectivity index (χ1) is 15.0. The van der Waals surface area contributed by atoms with Crippen molar-refractivity contribution in [1.82, 2.24) is 4.90 Å². The van der Waals surface area contributed by atoms with E-state index in [4.69, 9.17) is 16.3 Å². The molecule has 1 aromatic rings. The summed E-state index contributed by atoms with van der Waals surface area (Å²) in [7, 11) is 0. The highest BCUT2D eigenvalue weighted by atomic mass is 35.5. The molecule has 31 heavy (non-hydrogen) atoms. The lowest BCUT2D eigenvalue weighted by atomic mass is 9.88. The van der Waals surface area contributed by atoms with Gasteiger partial charge in [-0.05, 0) is 80.5 Å². The van der Waals surface area contributed by atoms with Gasteiger partial charge in [-0.2, -0.15) is 0 Å². The number of nitrogens with zero attached hydrogens (tertiary/aromatic N) is 1. The molecule has 2 saturated carbocycles. The predicted molar refractivity (Wildman–Crippen MR) is 125 cm³/mol. The lowest BCUT2D eigenvalue weighted by molar-refractivity contribution is -0.148. The maximum absolute atomic E-state index is 11.4. The first-order valence-corrected chi connectivity index (χ1v) is 12.7. The second-order valence-electron chi connectivity index (χ2n) is 10.2. The van der Waals surface area contributed by atoms with Crippen molar-refractivity contribution in [1.29, 1.82) is 0 Å². The molecule has 1 aromatic carbocycles. The van der Waals surface area contributed by atoms with Crippen LogP contribution in [0.5, 0.6) is 0 Å². The third-order valence-corrected chi connectivity index (χ3v) is 8.05. The zero-order chi connectivity index (χ0) is 21.8. The summed E-state index contributed by atoms with van der Waals surface area (Å²) in [6, 6.07) is 6.37. The van der Waals surface area contributed by atoms with Gasteiger partial charge in [-0.1, -0.05) is 43.4 Å². The summed E-state index contributed by atoms with van der Waals surface area (Å²) >= 11 is 6.25. The number of aliphatic carboxylic acids is 1. The van der Waals surface area contributed by atoms with E-state index in [9.17, 15) is 9.90 Å². The van der Waals surface area contributed by atoms with Crippen LogP contribution in [-0.2, 0) is 9.53 Å². The Balaban J connectivity index is 1.59. The van der Waals surface area contributed by atoms with Crippen LogP contribution in [0.15, 0.2) is 18.2 Å². The van der Waals surface area contributed by atoms with Gasteiger partial charge in [0.25, 0.3) is 0 Å². The molecule has 1 N–H and O–H groups in total. The number of carboxylic acid groups (broad SMARTS) is 1. The molecule has 5 heteroatoms. The van der Waals surface area contributed by atoms with Crippen LogP contribution < -0.4 is 0 Å². The van der Waals surface area contributed by atoms with Gasteiger partial charge in [-0.15, -0.1) is 0 Å². The van der Waals surface area contributed by atoms with Crippen LogP contribution in [-0.4, -0.2) is 41.2 Å². The second kappa shape index (κ2) is 10.7. The third-order valence-electron chi connectivity index (χ3n) is 7.82. The van der Waals surface area contributed by atoms with Crippen LogP contribution in [0.3, 0.4) is 0 Å². The molecule has 172 valence electrons. The molecule has 0 bridgehead atoms. The first-order valence-electron chi connectivity index (χ1n) is 12.4. The van der Waals surface area contributed by atoms with Crippen molar-refractivity contribution in [2.24, 2.45) is 11.8 Å². The fourth-order valence-corrected chi connectivity index (χ4v) is 6.45. The zero-order valence-electron chi connectivity index (χ0n) is 18.9. The minimum atomic E-state index is -0.774. The molecule has 0 amide bonds. The van der Waals surface area contributed by atoms with E-state index in [1.165, 1.54) is 56.9 Å². The van der Waals surface area contributed by atoms with Gasteiger partial charge in [0.05, 0.1) is 18.6 Å². The highest BCUT2D eigenvalue weighted by Gasteiger charge is 2.39. The van der Waals surface area contributed by atoms with E-state index in [0.29, 0.717) is 6.04 Å². The minimum absolute atomic E-state index is 0.0844. The number of rotatable bonds is 8. The van der Waals surface area contributed by atoms with Gasteiger partial charge in [0.1, 0.15) is 0 Å². The fraction of sp³-hybridized carbons (Fsp3) is 0.731. The van der Waals surface area contributed by atoms with Crippen molar-refractivity contribution in [2.45, 2.75) is 95.8 Å². The normalized spacial score (nSPS) is 27.9. The monoisotopic (exact) mass is 447 g/mol. The number of carbonyl (C=O) groups is 1. The standard InChI is InChI=1S/C26H38ClNO3/c1-18-14-21(27)10-12-23(18)26-24(13-11-22(31-26)15-25(29)30)28(16-19-6-2-3-7-19)17-20-8-4-5-9-20/h10,12,14,19-20,22,24,26H,2-9,11,13,15-17H2,1H3,(H,29,30)/t22-,24-,26+/m1/s1. The van der Waals surface area contributed by atoms with Crippen LogP contribution in [0.4, 0.5) is 0 Å². The molecule has 0 radical (unpaired) electrons. The van der Waals surface area contributed by atoms with Crippen molar-refractivity contribution in [3.05, 3.63) is 34.3 Å². The Morgan fingerprint density at radius 2 is 1.65 bits per heavy atom. The smallest absolute Gasteiger partial charge is 0.305 e. The number of ether oxygens (including phenoxy) is 1. The van der Waals surface area contributed by atoms with E-state index in [1.807, 2.05) is 12.1 Å². The number of hydrogen-bond donors (Lipinski definition) is 1. The quantitative estimate of drug-likeness (QED) is 0.501. The number of aryl methyl sites for hydroxylation is 1. The lowest BCUT2D eigenvalue weighted by Crippen LogP contribution is -2.48. The Morgan fingerprint density at radius 1 is 1.03 bits per heavy atom. The molecular formula is C26H38ClNO3. The Hall–Kier alpha value is -1.10. The van der Waals surface area contributed by atoms with Crippen molar-refractivity contribution in [2.75, 3.05) is 13.1 Å². The summed E-state index contributed by atoms with van der Waals surface area (Å²) in [6.07, 6.45) is 12.5. The van der Waals surface area contributed by atoms with Crippen LogP contribution in [0.2, 0.25) is 5.02 Å². The molecule has 1 saturated heterocycles. The molecule has 4 nitrogen and oxygen atoms in total. The Labute approximate surface area is 192 Å². The highest BCUT2D eigenvalue weighted by molar-refractivity contribution is 6.30. The summed E-state index contributed by atoms with van der Waals surface area (Å²) < 4.78 is 6.56. The predicted octanol–water partition coefficient (Wildman–Crippen LogP) is 6.39. The second-order valence-corrected chi connectivity index (χ2v) is 10.6. The number of benzene rings is 1. The average molecular weight is 448 g/mol. The van der Waals surface area contributed by atoms with Crippen LogP contribution in [0.1, 0.15) is 87.9 Å². The van der Waals surface area contributed by atoms with E-state index in [1.54, 1.807) is 0 Å². The SMILES string of the molecule is Cc1cc(Cl)ccc1[C@@H]1O[C@@H](CC(=O)O)CC[C@H]1N(CC1CCCC1)CC1CCCC1. The topological polar surface area (TPSA) is 49.8 Å². The van der Waals surface area contributed by atoms with E-state index in [0.717, 1.165) is 48.4 Å².